The zero-order valence-corrected chi connectivity index (χ0v) is 13.2. The molecule has 0 bridgehead atoms. The van der Waals surface area contributed by atoms with Crippen molar-refractivity contribution in [3.8, 4) is 0 Å². The van der Waals surface area contributed by atoms with Crippen molar-refractivity contribution in [2.24, 2.45) is 0 Å². The van der Waals surface area contributed by atoms with E-state index in [1.807, 2.05) is 0 Å². The van der Waals surface area contributed by atoms with Gasteiger partial charge < -0.3 is 0 Å². The molecule has 0 amide bonds. The minimum atomic E-state index is 1.04. The van der Waals surface area contributed by atoms with Crippen LogP contribution in [-0.4, -0.2) is 18.0 Å². The highest BCUT2D eigenvalue weighted by Gasteiger charge is 2.10. The number of aryl methyl sites for hydroxylation is 1. The van der Waals surface area contributed by atoms with Gasteiger partial charge in [-0.05, 0) is 30.0 Å². The molecule has 3 rings (SSSR count). The summed E-state index contributed by atoms with van der Waals surface area (Å²) >= 11 is 0. The van der Waals surface area contributed by atoms with Crippen LogP contribution in [0, 0.1) is 6.92 Å². The molecule has 0 atom stereocenters. The molecule has 0 saturated heterocycles. The molecule has 2 aromatic rings. The molecular formula is C21H23N. The van der Waals surface area contributed by atoms with E-state index in [-0.39, 0.29) is 0 Å². The Labute approximate surface area is 133 Å². The number of hydrogen-bond acceptors (Lipinski definition) is 1. The van der Waals surface area contributed by atoms with Gasteiger partial charge in [0.05, 0.1) is 0 Å². The van der Waals surface area contributed by atoms with Crippen molar-refractivity contribution in [2.75, 3.05) is 13.1 Å². The summed E-state index contributed by atoms with van der Waals surface area (Å²) in [7, 11) is 0. The molecule has 112 valence electrons. The molecule has 1 heteroatoms. The third-order valence-corrected chi connectivity index (χ3v) is 4.14. The molecule has 0 fully saturated rings. The van der Waals surface area contributed by atoms with Crippen LogP contribution >= 0.6 is 0 Å². The van der Waals surface area contributed by atoms with Gasteiger partial charge in [-0.3, -0.25) is 4.90 Å². The Bertz CT molecular complexity index is 650. The van der Waals surface area contributed by atoms with Gasteiger partial charge in [0.15, 0.2) is 0 Å². The van der Waals surface area contributed by atoms with Crippen LogP contribution in [0.3, 0.4) is 0 Å². The van der Waals surface area contributed by atoms with Crippen LogP contribution < -0.4 is 0 Å². The van der Waals surface area contributed by atoms with E-state index in [0.29, 0.717) is 0 Å². The van der Waals surface area contributed by atoms with Gasteiger partial charge in [0.2, 0.25) is 0 Å². The lowest BCUT2D eigenvalue weighted by Crippen LogP contribution is -2.28. The molecule has 0 N–H and O–H groups in total. The third-order valence-electron chi connectivity index (χ3n) is 4.14. The maximum absolute atomic E-state index is 2.50. The summed E-state index contributed by atoms with van der Waals surface area (Å²) in [6.07, 6.45) is 7.96. The van der Waals surface area contributed by atoms with Crippen LogP contribution in [0.4, 0.5) is 0 Å². The Hall–Kier alpha value is -2.12. The predicted molar refractivity (Wildman–Crippen MR) is 94.6 cm³/mol. The molecule has 1 aliphatic rings. The van der Waals surface area contributed by atoms with Gasteiger partial charge in [0.1, 0.15) is 0 Å². The Morgan fingerprint density at radius 2 is 1.73 bits per heavy atom. The van der Waals surface area contributed by atoms with E-state index >= 15 is 0 Å². The molecule has 1 nitrogen and oxygen atoms in total. The topological polar surface area (TPSA) is 3.24 Å². The fourth-order valence-corrected chi connectivity index (χ4v) is 2.74. The quantitative estimate of drug-likeness (QED) is 0.778. The molecule has 1 aliphatic heterocycles. The van der Waals surface area contributed by atoms with Crippen molar-refractivity contribution < 1.29 is 0 Å². The lowest BCUT2D eigenvalue weighted by Gasteiger charge is -2.25. The van der Waals surface area contributed by atoms with E-state index in [2.05, 4.69) is 84.6 Å². The van der Waals surface area contributed by atoms with Crippen LogP contribution in [0.2, 0.25) is 0 Å². The minimum Gasteiger partial charge on any atom is -0.295 e. The lowest BCUT2D eigenvalue weighted by atomic mass is 10.1. The summed E-state index contributed by atoms with van der Waals surface area (Å²) in [4.78, 5) is 2.50. The highest BCUT2D eigenvalue weighted by Crippen LogP contribution is 2.16. The Morgan fingerprint density at radius 3 is 2.41 bits per heavy atom. The van der Waals surface area contributed by atoms with Crippen molar-refractivity contribution in [3.05, 3.63) is 89.0 Å². The molecule has 0 spiro atoms. The highest BCUT2D eigenvalue weighted by atomic mass is 15.1. The second-order valence-electron chi connectivity index (χ2n) is 5.99. The molecule has 2 aromatic carbocycles. The second kappa shape index (κ2) is 7.24. The van der Waals surface area contributed by atoms with E-state index in [9.17, 15) is 0 Å². The van der Waals surface area contributed by atoms with E-state index in [1.165, 1.54) is 22.3 Å². The first kappa shape index (κ1) is 14.8. The first-order valence-electron chi connectivity index (χ1n) is 8.00. The summed E-state index contributed by atoms with van der Waals surface area (Å²) in [5, 5.41) is 0. The van der Waals surface area contributed by atoms with Gasteiger partial charge in [0.25, 0.3) is 0 Å². The first-order chi connectivity index (χ1) is 10.8. The molecule has 0 aromatic heterocycles. The summed E-state index contributed by atoms with van der Waals surface area (Å²) in [5.74, 6) is 0. The monoisotopic (exact) mass is 289 g/mol. The van der Waals surface area contributed by atoms with Gasteiger partial charge in [0, 0.05) is 19.6 Å². The van der Waals surface area contributed by atoms with Gasteiger partial charge in [-0.15, -0.1) is 0 Å². The summed E-state index contributed by atoms with van der Waals surface area (Å²) in [5.41, 5.74) is 5.45. The smallest absolute Gasteiger partial charge is 0.0237 e. The summed E-state index contributed by atoms with van der Waals surface area (Å²) in [6, 6.07) is 19.4. The van der Waals surface area contributed by atoms with E-state index in [1.54, 1.807) is 0 Å². The summed E-state index contributed by atoms with van der Waals surface area (Å²) < 4.78 is 0. The van der Waals surface area contributed by atoms with E-state index in [0.717, 1.165) is 26.1 Å². The standard InChI is InChI=1S/C21H23N/c1-18-7-9-21(10-8-18)17-22-15-13-20(14-16-22)12-11-19-5-3-2-4-6-19/h2-13H,14-17H2,1H3/b12-11+. The van der Waals surface area contributed by atoms with Crippen LogP contribution in [0.15, 0.2) is 72.3 Å². The van der Waals surface area contributed by atoms with Crippen LogP contribution in [-0.2, 0) is 6.54 Å². The van der Waals surface area contributed by atoms with Gasteiger partial charge in [-0.25, -0.2) is 0 Å². The third kappa shape index (κ3) is 4.19. The zero-order chi connectivity index (χ0) is 15.2. The van der Waals surface area contributed by atoms with Crippen LogP contribution in [0.25, 0.3) is 6.08 Å². The van der Waals surface area contributed by atoms with E-state index in [4.69, 9.17) is 0 Å². The maximum Gasteiger partial charge on any atom is 0.0237 e. The van der Waals surface area contributed by atoms with Crippen molar-refractivity contribution in [2.45, 2.75) is 19.9 Å². The Balaban J connectivity index is 1.55. The molecule has 1 heterocycles. The molecule has 22 heavy (non-hydrogen) atoms. The fourth-order valence-electron chi connectivity index (χ4n) is 2.74. The number of nitrogens with zero attached hydrogens (tertiary/aromatic N) is 1. The SMILES string of the molecule is Cc1ccc(CN2CC=C(/C=C/c3ccccc3)CC2)cc1. The van der Waals surface area contributed by atoms with Gasteiger partial charge >= 0.3 is 0 Å². The molecular weight excluding hydrogens is 266 g/mol. The van der Waals surface area contributed by atoms with Crippen LogP contribution in [0.1, 0.15) is 23.1 Å². The number of rotatable bonds is 4. The van der Waals surface area contributed by atoms with Gasteiger partial charge in [-0.1, -0.05) is 78.4 Å². The second-order valence-corrected chi connectivity index (χ2v) is 5.99. The highest BCUT2D eigenvalue weighted by molar-refractivity contribution is 5.52. The summed E-state index contributed by atoms with van der Waals surface area (Å²) in [6.45, 7) is 5.37. The van der Waals surface area contributed by atoms with Crippen molar-refractivity contribution in [3.63, 3.8) is 0 Å². The average molecular weight is 289 g/mol. The largest absolute Gasteiger partial charge is 0.295 e. The lowest BCUT2D eigenvalue weighted by molar-refractivity contribution is 0.287. The molecule has 0 aliphatic carbocycles. The Morgan fingerprint density at radius 1 is 0.955 bits per heavy atom. The van der Waals surface area contributed by atoms with Crippen molar-refractivity contribution >= 4 is 6.08 Å². The minimum absolute atomic E-state index is 1.04. The van der Waals surface area contributed by atoms with Crippen molar-refractivity contribution in [1.82, 2.24) is 4.90 Å². The molecule has 0 saturated carbocycles. The average Bonchev–Trinajstić information content (AvgIpc) is 2.57. The number of allylic oxidation sites excluding steroid dienone is 1. The van der Waals surface area contributed by atoms with Crippen LogP contribution in [0.5, 0.6) is 0 Å². The number of hydrogen-bond donors (Lipinski definition) is 0. The normalized spacial score (nSPS) is 16.0. The molecule has 0 radical (unpaired) electrons. The Kier molecular flexibility index (Phi) is 4.87. The van der Waals surface area contributed by atoms with Gasteiger partial charge in [-0.2, -0.15) is 0 Å². The van der Waals surface area contributed by atoms with Crippen molar-refractivity contribution in [1.29, 1.82) is 0 Å². The molecule has 0 unspecified atom stereocenters. The predicted octanol–water partition coefficient (Wildman–Crippen LogP) is 4.84. The number of benzene rings is 2. The maximum atomic E-state index is 2.50. The first-order valence-corrected chi connectivity index (χ1v) is 8.00. The fraction of sp³-hybridized carbons (Fsp3) is 0.238. The zero-order valence-electron chi connectivity index (χ0n) is 13.2. The van der Waals surface area contributed by atoms with E-state index < -0.39 is 0 Å².